The summed E-state index contributed by atoms with van der Waals surface area (Å²) in [6, 6.07) is 10.2. The second-order valence-electron chi connectivity index (χ2n) is 7.18. The largest absolute Gasteiger partial charge is 0.496 e. The number of methoxy groups -OCH3 is 1. The van der Waals surface area contributed by atoms with E-state index < -0.39 is 0 Å². The van der Waals surface area contributed by atoms with Gasteiger partial charge in [0.25, 0.3) is 0 Å². The number of guanidine groups is 1. The van der Waals surface area contributed by atoms with Crippen LogP contribution >= 0.6 is 24.0 Å². The molecule has 0 aliphatic heterocycles. The van der Waals surface area contributed by atoms with Crippen LogP contribution < -0.4 is 20.1 Å². The van der Waals surface area contributed by atoms with Gasteiger partial charge in [-0.25, -0.2) is 4.98 Å². The molecule has 0 radical (unpaired) electrons. The molecule has 0 spiro atoms. The Hall–Kier alpha value is -2.03. The lowest BCUT2D eigenvalue weighted by Crippen LogP contribution is -2.37. The van der Waals surface area contributed by atoms with Crippen molar-refractivity contribution in [3.05, 3.63) is 53.2 Å². The number of aliphatic imine (C=N–C) groups is 1. The standard InChI is InChI=1S/C22H30N4O2.HI/c1-16-4-8-20(27-3)19(12-16)10-11-24-22(23-2)26-14-18-7-9-21(25-13-18)28-15-17-5-6-17;/h4,7-9,12-13,17H,5-6,10-11,14-15H2,1-3H3,(H2,23,24,26);1H. The average molecular weight is 510 g/mol. The second kappa shape index (κ2) is 11.8. The van der Waals surface area contributed by atoms with Gasteiger partial charge in [-0.05, 0) is 49.3 Å². The molecule has 0 saturated heterocycles. The highest BCUT2D eigenvalue weighted by Gasteiger charge is 2.22. The van der Waals surface area contributed by atoms with Crippen LogP contribution in [-0.4, -0.2) is 38.3 Å². The lowest BCUT2D eigenvalue weighted by Gasteiger charge is -2.14. The van der Waals surface area contributed by atoms with E-state index in [1.807, 2.05) is 24.4 Å². The van der Waals surface area contributed by atoms with E-state index in [9.17, 15) is 0 Å². The summed E-state index contributed by atoms with van der Waals surface area (Å²) < 4.78 is 11.1. The number of rotatable bonds is 9. The molecule has 0 bridgehead atoms. The molecule has 1 fully saturated rings. The molecule has 0 atom stereocenters. The zero-order valence-electron chi connectivity index (χ0n) is 17.4. The van der Waals surface area contributed by atoms with E-state index in [0.29, 0.717) is 12.4 Å². The first-order chi connectivity index (χ1) is 13.7. The molecule has 0 unspecified atom stereocenters. The van der Waals surface area contributed by atoms with Crippen LogP contribution in [0.5, 0.6) is 11.6 Å². The molecule has 29 heavy (non-hydrogen) atoms. The second-order valence-corrected chi connectivity index (χ2v) is 7.18. The fourth-order valence-electron chi connectivity index (χ4n) is 2.91. The van der Waals surface area contributed by atoms with Crippen molar-refractivity contribution in [1.82, 2.24) is 15.6 Å². The molecule has 0 amide bonds. The highest BCUT2D eigenvalue weighted by molar-refractivity contribution is 14.0. The topological polar surface area (TPSA) is 67.8 Å². The SMILES string of the molecule is CN=C(NCCc1cc(C)ccc1OC)NCc1ccc(OCC2CC2)nc1.I. The van der Waals surface area contributed by atoms with Crippen molar-refractivity contribution >= 4 is 29.9 Å². The van der Waals surface area contributed by atoms with Crippen molar-refractivity contribution in [2.45, 2.75) is 32.7 Å². The normalized spacial score (nSPS) is 13.4. The predicted molar refractivity (Wildman–Crippen MR) is 128 cm³/mol. The summed E-state index contributed by atoms with van der Waals surface area (Å²) >= 11 is 0. The summed E-state index contributed by atoms with van der Waals surface area (Å²) in [6.07, 6.45) is 5.27. The zero-order chi connectivity index (χ0) is 19.8. The van der Waals surface area contributed by atoms with Gasteiger partial charge in [-0.1, -0.05) is 23.8 Å². The molecule has 1 aliphatic rings. The van der Waals surface area contributed by atoms with Gasteiger partial charge < -0.3 is 20.1 Å². The quantitative estimate of drug-likeness (QED) is 0.306. The number of hydrogen-bond donors (Lipinski definition) is 2. The Morgan fingerprint density at radius 3 is 2.69 bits per heavy atom. The van der Waals surface area contributed by atoms with Gasteiger partial charge in [-0.3, -0.25) is 4.99 Å². The van der Waals surface area contributed by atoms with Gasteiger partial charge in [-0.15, -0.1) is 24.0 Å². The van der Waals surface area contributed by atoms with E-state index in [2.05, 4.69) is 39.7 Å². The van der Waals surface area contributed by atoms with Crippen molar-refractivity contribution in [2.24, 2.45) is 10.9 Å². The Kier molecular flexibility index (Phi) is 9.50. The van der Waals surface area contributed by atoms with Gasteiger partial charge in [-0.2, -0.15) is 0 Å². The van der Waals surface area contributed by atoms with Crippen LogP contribution in [0.4, 0.5) is 0 Å². The minimum atomic E-state index is 0. The molecular formula is C22H31IN4O2. The van der Waals surface area contributed by atoms with Crippen LogP contribution in [0.2, 0.25) is 0 Å². The molecule has 2 aromatic rings. The molecule has 1 aliphatic carbocycles. The predicted octanol–water partition coefficient (Wildman–Crippen LogP) is 3.71. The van der Waals surface area contributed by atoms with E-state index in [1.54, 1.807) is 14.2 Å². The first kappa shape index (κ1) is 23.3. The molecule has 1 aromatic carbocycles. The number of ether oxygens (including phenoxy) is 2. The van der Waals surface area contributed by atoms with Gasteiger partial charge in [0.15, 0.2) is 5.96 Å². The van der Waals surface area contributed by atoms with Crippen LogP contribution in [0.25, 0.3) is 0 Å². The van der Waals surface area contributed by atoms with E-state index in [-0.39, 0.29) is 24.0 Å². The van der Waals surface area contributed by atoms with Gasteiger partial charge in [0.05, 0.1) is 13.7 Å². The molecule has 1 saturated carbocycles. The molecule has 3 rings (SSSR count). The minimum absolute atomic E-state index is 0. The maximum Gasteiger partial charge on any atom is 0.213 e. The maximum absolute atomic E-state index is 5.68. The van der Waals surface area contributed by atoms with Crippen molar-refractivity contribution in [2.75, 3.05) is 27.3 Å². The molecule has 2 N–H and O–H groups in total. The van der Waals surface area contributed by atoms with E-state index in [4.69, 9.17) is 9.47 Å². The van der Waals surface area contributed by atoms with E-state index in [0.717, 1.165) is 42.8 Å². The summed E-state index contributed by atoms with van der Waals surface area (Å²) in [6.45, 7) is 4.30. The summed E-state index contributed by atoms with van der Waals surface area (Å²) in [5.41, 5.74) is 3.51. The van der Waals surface area contributed by atoms with E-state index >= 15 is 0 Å². The van der Waals surface area contributed by atoms with Crippen molar-refractivity contribution in [3.8, 4) is 11.6 Å². The summed E-state index contributed by atoms with van der Waals surface area (Å²) in [5.74, 6) is 3.12. The van der Waals surface area contributed by atoms with Crippen LogP contribution in [-0.2, 0) is 13.0 Å². The average Bonchev–Trinajstić information content (AvgIpc) is 3.54. The van der Waals surface area contributed by atoms with E-state index in [1.165, 1.54) is 24.0 Å². The fraction of sp³-hybridized carbons (Fsp3) is 0.455. The highest BCUT2D eigenvalue weighted by Crippen LogP contribution is 2.29. The van der Waals surface area contributed by atoms with Gasteiger partial charge >= 0.3 is 0 Å². The third kappa shape index (κ3) is 7.72. The number of aromatic nitrogens is 1. The van der Waals surface area contributed by atoms with Crippen molar-refractivity contribution in [3.63, 3.8) is 0 Å². The summed E-state index contributed by atoms with van der Waals surface area (Å²) in [7, 11) is 3.48. The van der Waals surface area contributed by atoms with Crippen LogP contribution in [0.3, 0.4) is 0 Å². The van der Waals surface area contributed by atoms with Crippen LogP contribution in [0.1, 0.15) is 29.5 Å². The number of benzene rings is 1. The van der Waals surface area contributed by atoms with Gasteiger partial charge in [0.1, 0.15) is 5.75 Å². The number of hydrogen-bond acceptors (Lipinski definition) is 4. The Labute approximate surface area is 190 Å². The molecule has 158 valence electrons. The molecular weight excluding hydrogens is 479 g/mol. The van der Waals surface area contributed by atoms with Crippen LogP contribution in [0.15, 0.2) is 41.5 Å². The number of nitrogens with one attached hydrogen (secondary N) is 2. The van der Waals surface area contributed by atoms with Gasteiger partial charge in [0, 0.05) is 32.4 Å². The summed E-state index contributed by atoms with van der Waals surface area (Å²) in [5, 5.41) is 6.67. The lowest BCUT2D eigenvalue weighted by molar-refractivity contribution is 0.288. The lowest BCUT2D eigenvalue weighted by atomic mass is 10.1. The number of nitrogens with zero attached hydrogens (tertiary/aromatic N) is 2. The Morgan fingerprint density at radius 1 is 1.21 bits per heavy atom. The Balaban J connectivity index is 0.00000300. The fourth-order valence-corrected chi connectivity index (χ4v) is 2.91. The third-order valence-electron chi connectivity index (χ3n) is 4.77. The number of halogens is 1. The van der Waals surface area contributed by atoms with Crippen molar-refractivity contribution < 1.29 is 9.47 Å². The van der Waals surface area contributed by atoms with Crippen LogP contribution in [0, 0.1) is 12.8 Å². The first-order valence-electron chi connectivity index (χ1n) is 9.83. The third-order valence-corrected chi connectivity index (χ3v) is 4.77. The zero-order valence-corrected chi connectivity index (χ0v) is 19.7. The highest BCUT2D eigenvalue weighted by atomic mass is 127. The first-order valence-corrected chi connectivity index (χ1v) is 9.83. The van der Waals surface area contributed by atoms with Gasteiger partial charge in [0.2, 0.25) is 5.88 Å². The minimum Gasteiger partial charge on any atom is -0.496 e. The monoisotopic (exact) mass is 510 g/mol. The number of aryl methyl sites for hydroxylation is 1. The molecule has 7 heteroatoms. The smallest absolute Gasteiger partial charge is 0.213 e. The molecule has 6 nitrogen and oxygen atoms in total. The summed E-state index contributed by atoms with van der Waals surface area (Å²) in [4.78, 5) is 8.66. The Bertz CT molecular complexity index is 792. The van der Waals surface area contributed by atoms with Crippen molar-refractivity contribution in [1.29, 1.82) is 0 Å². The Morgan fingerprint density at radius 2 is 2.03 bits per heavy atom. The molecule has 1 aromatic heterocycles. The maximum atomic E-state index is 5.68. The number of pyridine rings is 1. The molecule has 1 heterocycles.